The number of rotatable bonds is 18. The minimum absolute atomic E-state index is 0.0601. The van der Waals surface area contributed by atoms with Crippen LogP contribution in [-0.4, -0.2) is 95.0 Å². The molecule has 3 N–H and O–H groups in total. The lowest BCUT2D eigenvalue weighted by Crippen LogP contribution is -2.50. The van der Waals surface area contributed by atoms with Crippen LogP contribution in [0.25, 0.3) is 0 Å². The number of alkyl carbamates (subject to hydrolysis) is 2. The number of amides is 2. The van der Waals surface area contributed by atoms with Crippen molar-refractivity contribution < 1.29 is 47.9 Å². The van der Waals surface area contributed by atoms with E-state index in [4.69, 9.17) is 28.4 Å². The van der Waals surface area contributed by atoms with E-state index in [0.29, 0.717) is 24.1 Å². The van der Waals surface area contributed by atoms with E-state index >= 15 is 0 Å². The number of aliphatic hydroxyl groups excluding tert-OH is 1. The van der Waals surface area contributed by atoms with Gasteiger partial charge in [0.05, 0.1) is 33.0 Å². The zero-order valence-corrected chi connectivity index (χ0v) is 24.7. The van der Waals surface area contributed by atoms with Crippen molar-refractivity contribution in [3.05, 3.63) is 24.3 Å². The zero-order chi connectivity index (χ0) is 30.2. The third-order valence-electron chi connectivity index (χ3n) is 6.08. The molecule has 0 aromatic heterocycles. The van der Waals surface area contributed by atoms with Gasteiger partial charge in [-0.2, -0.15) is 0 Å². The molecule has 0 aromatic carbocycles. The third kappa shape index (κ3) is 15.8. The topological polar surface area (TPSA) is 151 Å². The molecule has 0 aliphatic heterocycles. The van der Waals surface area contributed by atoms with E-state index < -0.39 is 24.4 Å². The minimum Gasteiger partial charge on any atom is -0.460 e. The van der Waals surface area contributed by atoms with Gasteiger partial charge in [-0.3, -0.25) is 0 Å². The van der Waals surface area contributed by atoms with Gasteiger partial charge in [-0.05, 0) is 49.5 Å². The number of carbonyl (C=O) groups is 3. The first-order valence-electron chi connectivity index (χ1n) is 13.5. The molecule has 40 heavy (non-hydrogen) atoms. The molecule has 1 rings (SSSR count). The fraction of sp³-hybridized carbons (Fsp3) is 0.750. The van der Waals surface area contributed by atoms with Gasteiger partial charge in [0.15, 0.2) is 6.29 Å². The number of hydrogen-bond donors (Lipinski definition) is 3. The number of aliphatic hydroxyl groups is 1. The van der Waals surface area contributed by atoms with Crippen molar-refractivity contribution in [2.24, 2.45) is 10.8 Å². The Balaban J connectivity index is 2.29. The molecule has 0 aromatic rings. The van der Waals surface area contributed by atoms with E-state index in [1.807, 2.05) is 0 Å². The molecule has 0 spiro atoms. The predicted octanol–water partition coefficient (Wildman–Crippen LogP) is 3.09. The highest BCUT2D eigenvalue weighted by Gasteiger charge is 2.42. The molecule has 230 valence electrons. The summed E-state index contributed by atoms with van der Waals surface area (Å²) in [6.07, 6.45) is 0.204. The van der Waals surface area contributed by atoms with Crippen LogP contribution in [0.3, 0.4) is 0 Å². The maximum absolute atomic E-state index is 12.3. The normalized spacial score (nSPS) is 20.6. The summed E-state index contributed by atoms with van der Waals surface area (Å²) >= 11 is 0. The van der Waals surface area contributed by atoms with Crippen molar-refractivity contribution in [1.29, 1.82) is 0 Å². The van der Waals surface area contributed by atoms with E-state index in [-0.39, 0.29) is 69.7 Å². The Morgan fingerprint density at radius 3 is 1.98 bits per heavy atom. The summed E-state index contributed by atoms with van der Waals surface area (Å²) in [5.74, 6) is -0.475. The van der Waals surface area contributed by atoms with Crippen molar-refractivity contribution in [2.75, 3.05) is 59.4 Å². The second-order valence-corrected chi connectivity index (χ2v) is 11.2. The number of hydrogen-bond acceptors (Lipinski definition) is 10. The van der Waals surface area contributed by atoms with Crippen molar-refractivity contribution in [3.8, 4) is 0 Å². The average Bonchev–Trinajstić information content (AvgIpc) is 2.84. The van der Waals surface area contributed by atoms with Crippen molar-refractivity contribution >= 4 is 18.2 Å². The van der Waals surface area contributed by atoms with E-state index in [1.54, 1.807) is 13.8 Å². The largest absolute Gasteiger partial charge is 0.460 e. The quantitative estimate of drug-likeness (QED) is 0.0558. The fourth-order valence-electron chi connectivity index (χ4n) is 4.68. The van der Waals surface area contributed by atoms with Crippen LogP contribution in [0.5, 0.6) is 0 Å². The molecule has 2 amide bonds. The molecular weight excluding hydrogens is 524 g/mol. The van der Waals surface area contributed by atoms with Gasteiger partial charge in [0.1, 0.15) is 19.8 Å². The first kappa shape index (κ1) is 35.4. The Bertz CT molecular complexity index is 847. The second kappa shape index (κ2) is 17.9. The van der Waals surface area contributed by atoms with Gasteiger partial charge < -0.3 is 44.2 Å². The predicted molar refractivity (Wildman–Crippen MR) is 148 cm³/mol. The average molecular weight is 573 g/mol. The first-order valence-corrected chi connectivity index (χ1v) is 13.5. The molecule has 3 atom stereocenters. The van der Waals surface area contributed by atoms with Gasteiger partial charge in [0.2, 0.25) is 0 Å². The van der Waals surface area contributed by atoms with Gasteiger partial charge in [-0.1, -0.05) is 33.9 Å². The molecule has 0 heterocycles. The smallest absolute Gasteiger partial charge is 0.407 e. The fourth-order valence-corrected chi connectivity index (χ4v) is 4.68. The maximum atomic E-state index is 12.3. The summed E-state index contributed by atoms with van der Waals surface area (Å²) in [4.78, 5) is 35.8. The van der Waals surface area contributed by atoms with Crippen LogP contribution in [0.2, 0.25) is 0 Å². The summed E-state index contributed by atoms with van der Waals surface area (Å²) < 4.78 is 31.1. The Morgan fingerprint density at radius 1 is 0.850 bits per heavy atom. The molecule has 1 fully saturated rings. The van der Waals surface area contributed by atoms with E-state index in [1.165, 1.54) is 0 Å². The first-order chi connectivity index (χ1) is 18.7. The Hall–Kier alpha value is -2.67. The lowest BCUT2D eigenvalue weighted by atomic mass is 9.62. The van der Waals surface area contributed by atoms with Gasteiger partial charge >= 0.3 is 18.2 Å². The number of esters is 1. The molecule has 1 aliphatic rings. The van der Waals surface area contributed by atoms with Crippen LogP contribution in [0, 0.1) is 10.8 Å². The molecular formula is C28H48N2O10. The van der Waals surface area contributed by atoms with Gasteiger partial charge in [-0.25, -0.2) is 14.4 Å². The van der Waals surface area contributed by atoms with Crippen LogP contribution in [0.4, 0.5) is 9.59 Å². The Labute approximate surface area is 237 Å². The second-order valence-electron chi connectivity index (χ2n) is 11.2. The summed E-state index contributed by atoms with van der Waals surface area (Å²) in [5.41, 5.74) is 0.505. The molecule has 0 radical (unpaired) electrons. The molecule has 12 heteroatoms. The summed E-state index contributed by atoms with van der Waals surface area (Å²) in [7, 11) is 0. The lowest BCUT2D eigenvalue weighted by Gasteiger charge is -2.46. The van der Waals surface area contributed by atoms with Gasteiger partial charge in [0, 0.05) is 18.2 Å². The molecule has 0 bridgehead atoms. The minimum atomic E-state index is -1.02. The summed E-state index contributed by atoms with van der Waals surface area (Å²) in [6, 6.07) is -0.121. The van der Waals surface area contributed by atoms with Crippen molar-refractivity contribution in [3.63, 3.8) is 0 Å². The number of ether oxygens (including phenoxy) is 6. The molecule has 1 aliphatic carbocycles. The van der Waals surface area contributed by atoms with Gasteiger partial charge in [-0.15, -0.1) is 0 Å². The monoisotopic (exact) mass is 572 g/mol. The Morgan fingerprint density at radius 2 is 1.40 bits per heavy atom. The summed E-state index contributed by atoms with van der Waals surface area (Å²) in [6.45, 7) is 18.3. The SMILES string of the molecule is C=C(C)C(=O)OCCOCCOC(=O)NCC1(C)CC(NC(=O)OCCOCCOC(O)C(=C)C)CC(C)(C)C1. The maximum Gasteiger partial charge on any atom is 0.407 e. The Kier molecular flexibility index (Phi) is 15.8. The highest BCUT2D eigenvalue weighted by atomic mass is 16.6. The molecule has 0 saturated heterocycles. The molecule has 12 nitrogen and oxygen atoms in total. The molecule has 1 saturated carbocycles. The standard InChI is InChI=1S/C28H48N2O10/c1-20(2)23(31)37-12-8-35-10-14-39-25(33)29-19-28(7)17-22(16-27(5,6)18-28)30-26(34)40-15-11-36-9-13-38-24(32)21(3)4/h22,24,32H,1,3,8-19H2,2,4-7H3,(H,29,33)(H,30,34). The zero-order valence-electron chi connectivity index (χ0n) is 24.7. The lowest BCUT2D eigenvalue weighted by molar-refractivity contribution is -0.140. The van der Waals surface area contributed by atoms with Crippen molar-refractivity contribution in [1.82, 2.24) is 10.6 Å². The third-order valence-corrected chi connectivity index (χ3v) is 6.08. The van der Waals surface area contributed by atoms with E-state index in [2.05, 4.69) is 44.6 Å². The number of nitrogens with one attached hydrogen (secondary N) is 2. The van der Waals surface area contributed by atoms with Crippen LogP contribution < -0.4 is 10.6 Å². The van der Waals surface area contributed by atoms with Gasteiger partial charge in [0.25, 0.3) is 0 Å². The van der Waals surface area contributed by atoms with E-state index in [9.17, 15) is 19.5 Å². The summed E-state index contributed by atoms with van der Waals surface area (Å²) in [5, 5.41) is 15.2. The highest BCUT2D eigenvalue weighted by molar-refractivity contribution is 5.86. The highest BCUT2D eigenvalue weighted by Crippen LogP contribution is 2.45. The van der Waals surface area contributed by atoms with Crippen molar-refractivity contribution in [2.45, 2.75) is 66.2 Å². The molecule has 3 unspecified atom stereocenters. The van der Waals surface area contributed by atoms with Crippen LogP contribution in [-0.2, 0) is 33.2 Å². The van der Waals surface area contributed by atoms with Crippen LogP contribution in [0.1, 0.15) is 53.9 Å². The number of carbonyl (C=O) groups excluding carboxylic acids is 3. The van der Waals surface area contributed by atoms with Crippen LogP contribution >= 0.6 is 0 Å². The van der Waals surface area contributed by atoms with Crippen LogP contribution in [0.15, 0.2) is 24.3 Å². The van der Waals surface area contributed by atoms with E-state index in [0.717, 1.165) is 12.8 Å².